The van der Waals surface area contributed by atoms with Crippen molar-refractivity contribution in [2.24, 2.45) is 0 Å². The molecule has 0 saturated heterocycles. The van der Waals surface area contributed by atoms with Crippen molar-refractivity contribution < 1.29 is 14.4 Å². The van der Waals surface area contributed by atoms with Crippen LogP contribution in [-0.2, 0) is 11.3 Å². The van der Waals surface area contributed by atoms with Crippen LogP contribution < -0.4 is 10.1 Å². The topological polar surface area (TPSA) is 73.6 Å². The average Bonchev–Trinajstić information content (AvgIpc) is 2.38. The summed E-state index contributed by atoms with van der Waals surface area (Å²) in [5, 5.41) is 13.9. The second-order valence-electron chi connectivity index (χ2n) is 3.67. The average molecular weight is 254 g/mol. The standard InChI is InChI=1S/C12H18N2O4/c1-3-18-5-4-13-9-10-6-11(14(15)16)8-12(7-10)17-2/h6-8,13H,3-5,9H2,1-2H3. The zero-order chi connectivity index (χ0) is 13.4. The van der Waals surface area contributed by atoms with E-state index in [1.165, 1.54) is 19.2 Å². The number of hydrogen-bond donors (Lipinski definition) is 1. The predicted octanol–water partition coefficient (Wildman–Crippen LogP) is 1.73. The SMILES string of the molecule is CCOCCNCc1cc(OC)cc([N+](=O)[O-])c1. The van der Waals surface area contributed by atoms with Crippen molar-refractivity contribution in [3.8, 4) is 5.75 Å². The van der Waals surface area contributed by atoms with Gasteiger partial charge in [-0.2, -0.15) is 0 Å². The number of nitrogens with one attached hydrogen (secondary N) is 1. The summed E-state index contributed by atoms with van der Waals surface area (Å²) >= 11 is 0. The molecule has 0 aliphatic carbocycles. The van der Waals surface area contributed by atoms with Crippen molar-refractivity contribution in [1.29, 1.82) is 0 Å². The lowest BCUT2D eigenvalue weighted by Crippen LogP contribution is -2.19. The first-order valence-electron chi connectivity index (χ1n) is 5.78. The van der Waals surface area contributed by atoms with E-state index in [1.54, 1.807) is 6.07 Å². The van der Waals surface area contributed by atoms with Gasteiger partial charge in [0.05, 0.1) is 24.7 Å². The van der Waals surface area contributed by atoms with Crippen LogP contribution >= 0.6 is 0 Å². The Kier molecular flexibility index (Phi) is 6.10. The van der Waals surface area contributed by atoms with E-state index in [-0.39, 0.29) is 5.69 Å². The lowest BCUT2D eigenvalue weighted by atomic mass is 10.2. The quantitative estimate of drug-likeness (QED) is 0.434. The van der Waals surface area contributed by atoms with Crippen molar-refractivity contribution in [1.82, 2.24) is 5.32 Å². The molecule has 1 aromatic rings. The summed E-state index contributed by atoms with van der Waals surface area (Å²) in [7, 11) is 1.49. The van der Waals surface area contributed by atoms with Gasteiger partial charge in [-0.15, -0.1) is 0 Å². The molecule has 1 rings (SSSR count). The lowest BCUT2D eigenvalue weighted by Gasteiger charge is -2.07. The van der Waals surface area contributed by atoms with Crippen LogP contribution in [0.2, 0.25) is 0 Å². The van der Waals surface area contributed by atoms with Crippen LogP contribution in [0.1, 0.15) is 12.5 Å². The van der Waals surface area contributed by atoms with Gasteiger partial charge in [-0.25, -0.2) is 0 Å². The minimum atomic E-state index is -0.424. The first-order chi connectivity index (χ1) is 8.67. The first-order valence-corrected chi connectivity index (χ1v) is 5.78. The van der Waals surface area contributed by atoms with Crippen LogP contribution in [0.4, 0.5) is 5.69 Å². The number of hydrogen-bond acceptors (Lipinski definition) is 5. The molecule has 0 radical (unpaired) electrons. The van der Waals surface area contributed by atoms with Gasteiger partial charge in [-0.05, 0) is 18.6 Å². The van der Waals surface area contributed by atoms with E-state index in [9.17, 15) is 10.1 Å². The summed E-state index contributed by atoms with van der Waals surface area (Å²) in [6.45, 7) is 4.50. The van der Waals surface area contributed by atoms with E-state index in [4.69, 9.17) is 9.47 Å². The molecular formula is C12H18N2O4. The van der Waals surface area contributed by atoms with Gasteiger partial charge in [-0.3, -0.25) is 10.1 Å². The van der Waals surface area contributed by atoms with Gasteiger partial charge in [0.15, 0.2) is 0 Å². The Morgan fingerprint density at radius 3 is 2.78 bits per heavy atom. The second-order valence-corrected chi connectivity index (χ2v) is 3.67. The van der Waals surface area contributed by atoms with E-state index >= 15 is 0 Å². The number of rotatable bonds is 8. The van der Waals surface area contributed by atoms with E-state index in [0.29, 0.717) is 32.1 Å². The molecule has 6 nitrogen and oxygen atoms in total. The maximum absolute atomic E-state index is 10.7. The normalized spacial score (nSPS) is 10.3. The van der Waals surface area contributed by atoms with Gasteiger partial charge in [0.25, 0.3) is 5.69 Å². The Balaban J connectivity index is 2.58. The Hall–Kier alpha value is -1.66. The van der Waals surface area contributed by atoms with E-state index < -0.39 is 4.92 Å². The van der Waals surface area contributed by atoms with Crippen LogP contribution in [0.3, 0.4) is 0 Å². The third kappa shape index (κ3) is 4.68. The Labute approximate surface area is 106 Å². The fourth-order valence-corrected chi connectivity index (χ4v) is 1.49. The van der Waals surface area contributed by atoms with Crippen LogP contribution in [0, 0.1) is 10.1 Å². The van der Waals surface area contributed by atoms with E-state index in [2.05, 4.69) is 5.32 Å². The first kappa shape index (κ1) is 14.4. The molecule has 0 heterocycles. The minimum absolute atomic E-state index is 0.0379. The fourth-order valence-electron chi connectivity index (χ4n) is 1.49. The molecule has 0 amide bonds. The summed E-state index contributed by atoms with van der Waals surface area (Å²) in [6, 6.07) is 4.72. The number of nitrogens with zero attached hydrogens (tertiary/aromatic N) is 1. The summed E-state index contributed by atoms with van der Waals surface area (Å²) < 4.78 is 10.2. The molecule has 6 heteroatoms. The molecule has 0 spiro atoms. The molecule has 0 aliphatic heterocycles. The molecule has 18 heavy (non-hydrogen) atoms. The smallest absolute Gasteiger partial charge is 0.273 e. The monoisotopic (exact) mass is 254 g/mol. The number of ether oxygens (including phenoxy) is 2. The van der Waals surface area contributed by atoms with Crippen LogP contribution in [-0.4, -0.2) is 31.8 Å². The maximum Gasteiger partial charge on any atom is 0.273 e. The predicted molar refractivity (Wildman–Crippen MR) is 67.8 cm³/mol. The lowest BCUT2D eigenvalue weighted by molar-refractivity contribution is -0.385. The molecule has 0 saturated carbocycles. The zero-order valence-electron chi connectivity index (χ0n) is 10.6. The highest BCUT2D eigenvalue weighted by atomic mass is 16.6. The van der Waals surface area contributed by atoms with Crippen LogP contribution in [0.15, 0.2) is 18.2 Å². The highest BCUT2D eigenvalue weighted by Gasteiger charge is 2.09. The van der Waals surface area contributed by atoms with Crippen molar-refractivity contribution in [3.05, 3.63) is 33.9 Å². The second kappa shape index (κ2) is 7.62. The molecule has 0 atom stereocenters. The Bertz CT molecular complexity index is 396. The third-order valence-electron chi connectivity index (χ3n) is 2.35. The molecule has 1 aromatic carbocycles. The summed E-state index contributed by atoms with van der Waals surface area (Å²) in [6.07, 6.45) is 0. The molecule has 0 fully saturated rings. The molecule has 0 bridgehead atoms. The number of non-ortho nitro benzene ring substituents is 1. The van der Waals surface area contributed by atoms with Gasteiger partial charge in [-0.1, -0.05) is 0 Å². The highest BCUT2D eigenvalue weighted by Crippen LogP contribution is 2.22. The molecule has 0 aliphatic rings. The molecule has 0 aromatic heterocycles. The highest BCUT2D eigenvalue weighted by molar-refractivity contribution is 5.42. The maximum atomic E-state index is 10.7. The van der Waals surface area contributed by atoms with Gasteiger partial charge in [0.2, 0.25) is 0 Å². The zero-order valence-corrected chi connectivity index (χ0v) is 10.6. The Morgan fingerprint density at radius 1 is 1.39 bits per heavy atom. The van der Waals surface area contributed by atoms with Crippen molar-refractivity contribution in [2.45, 2.75) is 13.5 Å². The molecule has 0 unspecified atom stereocenters. The van der Waals surface area contributed by atoms with Crippen LogP contribution in [0.25, 0.3) is 0 Å². The molecular weight excluding hydrogens is 236 g/mol. The minimum Gasteiger partial charge on any atom is -0.496 e. The third-order valence-corrected chi connectivity index (χ3v) is 2.35. The largest absolute Gasteiger partial charge is 0.496 e. The summed E-state index contributed by atoms with van der Waals surface area (Å²) in [5.74, 6) is 0.491. The van der Waals surface area contributed by atoms with E-state index in [1.807, 2.05) is 6.92 Å². The molecule has 100 valence electrons. The number of nitro groups is 1. The molecule has 1 N–H and O–H groups in total. The van der Waals surface area contributed by atoms with Crippen molar-refractivity contribution in [2.75, 3.05) is 26.9 Å². The number of methoxy groups -OCH3 is 1. The van der Waals surface area contributed by atoms with Gasteiger partial charge >= 0.3 is 0 Å². The van der Waals surface area contributed by atoms with Crippen LogP contribution in [0.5, 0.6) is 5.75 Å². The van der Waals surface area contributed by atoms with Crippen molar-refractivity contribution >= 4 is 5.69 Å². The van der Waals surface area contributed by atoms with Gasteiger partial charge < -0.3 is 14.8 Å². The van der Waals surface area contributed by atoms with E-state index in [0.717, 1.165) is 5.56 Å². The Morgan fingerprint density at radius 2 is 2.17 bits per heavy atom. The van der Waals surface area contributed by atoms with Crippen molar-refractivity contribution in [3.63, 3.8) is 0 Å². The number of benzene rings is 1. The van der Waals surface area contributed by atoms with Gasteiger partial charge in [0.1, 0.15) is 5.75 Å². The summed E-state index contributed by atoms with van der Waals surface area (Å²) in [4.78, 5) is 10.3. The van der Waals surface area contributed by atoms with Gasteiger partial charge in [0, 0.05) is 25.8 Å². The summed E-state index contributed by atoms with van der Waals surface area (Å²) in [5.41, 5.74) is 0.855. The fraction of sp³-hybridized carbons (Fsp3) is 0.500. The number of nitro benzene ring substituents is 1.